The Morgan fingerprint density at radius 1 is 0.837 bits per heavy atom. The summed E-state index contributed by atoms with van der Waals surface area (Å²) >= 11 is 3.43. The van der Waals surface area contributed by atoms with Crippen molar-refractivity contribution in [2.24, 2.45) is 23.7 Å². The van der Waals surface area contributed by atoms with Gasteiger partial charge in [0, 0.05) is 27.4 Å². The zero-order chi connectivity index (χ0) is 34.0. The minimum atomic E-state index is -1.44. The summed E-state index contributed by atoms with van der Waals surface area (Å²) in [7, 11) is 1.53. The second kappa shape index (κ2) is 11.8. The lowest BCUT2D eigenvalue weighted by atomic mass is 9.44. The van der Waals surface area contributed by atoms with Crippen LogP contribution in [0.2, 0.25) is 0 Å². The molecule has 8 rings (SSSR count). The number of phenols is 1. The zero-order valence-electron chi connectivity index (χ0n) is 26.6. The molecule has 0 bridgehead atoms. The minimum absolute atomic E-state index is 0.0491. The molecular weight excluding hydrogens is 682 g/mol. The molecule has 4 aromatic carbocycles. The highest BCUT2D eigenvalue weighted by atomic mass is 79.9. The predicted molar refractivity (Wildman–Crippen MR) is 188 cm³/mol. The lowest BCUT2D eigenvalue weighted by Crippen LogP contribution is -2.58. The first kappa shape index (κ1) is 31.2. The number of Topliss-reactive ketones (excluding diaryl/α,β-unsaturated/α-hetero) is 1. The van der Waals surface area contributed by atoms with E-state index in [1.54, 1.807) is 36.4 Å². The van der Waals surface area contributed by atoms with Crippen molar-refractivity contribution < 1.29 is 29.0 Å². The number of ketones is 2. The van der Waals surface area contributed by atoms with Crippen molar-refractivity contribution in [2.45, 2.75) is 24.2 Å². The van der Waals surface area contributed by atoms with E-state index < -0.39 is 35.0 Å². The van der Waals surface area contributed by atoms with Crippen LogP contribution in [0.4, 0.5) is 5.69 Å². The second-order valence-electron chi connectivity index (χ2n) is 13.2. The third kappa shape index (κ3) is 4.61. The van der Waals surface area contributed by atoms with Gasteiger partial charge >= 0.3 is 0 Å². The summed E-state index contributed by atoms with van der Waals surface area (Å²) in [5.41, 5.74) is 1.88. The molecule has 1 N–H and O–H groups in total. The summed E-state index contributed by atoms with van der Waals surface area (Å²) < 4.78 is 6.43. The van der Waals surface area contributed by atoms with E-state index in [0.717, 1.165) is 10.0 Å². The Hall–Kier alpha value is -5.08. The number of methoxy groups -OCH3 is 1. The monoisotopic (exact) mass is 713 g/mol. The summed E-state index contributed by atoms with van der Waals surface area (Å²) in [5, 5.41) is 11.6. The minimum Gasteiger partial charge on any atom is -0.508 e. The topological polar surface area (TPSA) is 101 Å². The quantitative estimate of drug-likeness (QED) is 0.174. The summed E-state index contributed by atoms with van der Waals surface area (Å²) in [6, 6.07) is 30.4. The first-order valence-corrected chi connectivity index (χ1v) is 17.2. The molecule has 6 unspecified atom stereocenters. The fourth-order valence-electron chi connectivity index (χ4n) is 8.95. The number of phenolic OH excluding ortho intramolecular Hbond substituents is 1. The lowest BCUT2D eigenvalue weighted by Gasteiger charge is -2.55. The highest BCUT2D eigenvalue weighted by Crippen LogP contribution is 2.64. The molecule has 3 aliphatic carbocycles. The van der Waals surface area contributed by atoms with Crippen molar-refractivity contribution in [2.75, 3.05) is 12.0 Å². The number of anilines is 1. The number of nitrogens with zero attached hydrogens (tertiary/aromatic N) is 1. The molecule has 6 atom stereocenters. The van der Waals surface area contributed by atoms with Gasteiger partial charge in [0.25, 0.3) is 0 Å². The number of allylic oxidation sites excluding steroid dienone is 4. The normalized spacial score (nSPS) is 27.6. The largest absolute Gasteiger partial charge is 0.508 e. The van der Waals surface area contributed by atoms with E-state index in [4.69, 9.17) is 4.74 Å². The van der Waals surface area contributed by atoms with E-state index in [2.05, 4.69) is 15.9 Å². The number of halogens is 1. The van der Waals surface area contributed by atoms with Gasteiger partial charge in [-0.1, -0.05) is 88.2 Å². The van der Waals surface area contributed by atoms with E-state index in [1.165, 1.54) is 24.2 Å². The standard InChI is InChI=1S/C41H32BrNO6/c1-49-27-16-19-34(44)32(20-27)37-28-17-18-29-36(40(48)43(39(29)47)26-14-12-25(42)13-15-26)31(28)21-33-38(46)30(23-8-4-2-5-9-23)22-35(45)41(33,37)24-10-6-3-7-11-24/h2-17,19-20,22,29,31,33,36-37,44H,18,21H2,1H3. The maximum absolute atomic E-state index is 15.1. The van der Waals surface area contributed by atoms with Gasteiger partial charge in [0.2, 0.25) is 11.8 Å². The number of aromatic hydroxyl groups is 1. The Bertz CT molecular complexity index is 2090. The van der Waals surface area contributed by atoms with Gasteiger partial charge in [-0.05, 0) is 78.4 Å². The molecular formula is C41H32BrNO6. The Morgan fingerprint density at radius 3 is 2.22 bits per heavy atom. The summed E-state index contributed by atoms with van der Waals surface area (Å²) in [6.07, 6.45) is 3.93. The first-order chi connectivity index (χ1) is 23.7. The number of fused-ring (bicyclic) bond motifs is 4. The van der Waals surface area contributed by atoms with Crippen LogP contribution >= 0.6 is 15.9 Å². The molecule has 8 heteroatoms. The number of ether oxygens (including phenoxy) is 1. The van der Waals surface area contributed by atoms with Gasteiger partial charge in [-0.3, -0.25) is 24.1 Å². The van der Waals surface area contributed by atoms with E-state index in [9.17, 15) is 14.7 Å². The van der Waals surface area contributed by atoms with Crippen molar-refractivity contribution in [3.8, 4) is 11.5 Å². The van der Waals surface area contributed by atoms with Crippen LogP contribution in [0.3, 0.4) is 0 Å². The van der Waals surface area contributed by atoms with Crippen molar-refractivity contribution in [1.82, 2.24) is 0 Å². The Kier molecular flexibility index (Phi) is 7.52. The molecule has 49 heavy (non-hydrogen) atoms. The molecule has 2 amide bonds. The van der Waals surface area contributed by atoms with Crippen LogP contribution in [-0.2, 0) is 24.6 Å². The molecule has 244 valence electrons. The van der Waals surface area contributed by atoms with Gasteiger partial charge in [-0.25, -0.2) is 0 Å². The zero-order valence-corrected chi connectivity index (χ0v) is 28.2. The molecule has 2 fully saturated rings. The maximum Gasteiger partial charge on any atom is 0.238 e. The molecule has 1 heterocycles. The van der Waals surface area contributed by atoms with Gasteiger partial charge < -0.3 is 9.84 Å². The number of benzene rings is 4. The van der Waals surface area contributed by atoms with Gasteiger partial charge in [0.15, 0.2) is 11.6 Å². The van der Waals surface area contributed by atoms with Crippen LogP contribution in [0.15, 0.2) is 125 Å². The number of carbonyl (C=O) groups excluding carboxylic acids is 4. The van der Waals surface area contributed by atoms with Crippen molar-refractivity contribution in [1.29, 1.82) is 0 Å². The highest BCUT2D eigenvalue weighted by molar-refractivity contribution is 9.10. The van der Waals surface area contributed by atoms with E-state index in [0.29, 0.717) is 33.7 Å². The van der Waals surface area contributed by atoms with Gasteiger partial charge in [-0.15, -0.1) is 0 Å². The van der Waals surface area contributed by atoms with Crippen LogP contribution in [0, 0.1) is 23.7 Å². The predicted octanol–water partition coefficient (Wildman–Crippen LogP) is 7.19. The fourth-order valence-corrected chi connectivity index (χ4v) is 9.22. The van der Waals surface area contributed by atoms with E-state index in [1.807, 2.05) is 66.7 Å². The third-order valence-corrected chi connectivity index (χ3v) is 11.5. The number of hydrogen-bond acceptors (Lipinski definition) is 6. The molecule has 4 aliphatic rings. The summed E-state index contributed by atoms with van der Waals surface area (Å²) in [6.45, 7) is 0. The molecule has 7 nitrogen and oxygen atoms in total. The number of rotatable bonds is 5. The average Bonchev–Trinajstić information content (AvgIpc) is 3.39. The number of carbonyl (C=O) groups is 4. The Morgan fingerprint density at radius 2 is 1.53 bits per heavy atom. The number of amides is 2. The highest BCUT2D eigenvalue weighted by Gasteiger charge is 2.66. The van der Waals surface area contributed by atoms with E-state index >= 15 is 9.59 Å². The van der Waals surface area contributed by atoms with E-state index in [-0.39, 0.29) is 42.0 Å². The SMILES string of the molecule is COc1ccc(O)c(C2C3=CCC4C(=O)N(c5ccc(Br)cc5)C(=O)C4C3CC3C(=O)C(c4ccccc4)=CC(=O)C32c2ccccc2)c1. The van der Waals surface area contributed by atoms with Crippen LogP contribution in [0.25, 0.3) is 5.57 Å². The van der Waals surface area contributed by atoms with Crippen LogP contribution in [0.5, 0.6) is 11.5 Å². The second-order valence-corrected chi connectivity index (χ2v) is 14.1. The average molecular weight is 715 g/mol. The summed E-state index contributed by atoms with van der Waals surface area (Å²) in [4.78, 5) is 59.9. The Labute approximate surface area is 292 Å². The number of hydrogen-bond donors (Lipinski definition) is 1. The van der Waals surface area contributed by atoms with Crippen LogP contribution in [-0.4, -0.2) is 35.6 Å². The van der Waals surface area contributed by atoms with Gasteiger partial charge in [0.1, 0.15) is 11.5 Å². The van der Waals surface area contributed by atoms with Crippen LogP contribution < -0.4 is 9.64 Å². The summed E-state index contributed by atoms with van der Waals surface area (Å²) in [5.74, 6) is -4.24. The van der Waals surface area contributed by atoms with Crippen LogP contribution in [0.1, 0.15) is 35.4 Å². The molecule has 1 saturated carbocycles. The lowest BCUT2D eigenvalue weighted by molar-refractivity contribution is -0.135. The number of imide groups is 1. The Balaban J connectivity index is 1.37. The third-order valence-electron chi connectivity index (χ3n) is 11.0. The first-order valence-electron chi connectivity index (χ1n) is 16.4. The smallest absolute Gasteiger partial charge is 0.238 e. The molecule has 0 spiro atoms. The molecule has 1 saturated heterocycles. The fraction of sp³-hybridized carbons (Fsp3) is 0.220. The van der Waals surface area contributed by atoms with Crippen molar-refractivity contribution >= 4 is 50.6 Å². The van der Waals surface area contributed by atoms with Crippen molar-refractivity contribution in [3.05, 3.63) is 142 Å². The maximum atomic E-state index is 15.1. The van der Waals surface area contributed by atoms with Crippen molar-refractivity contribution in [3.63, 3.8) is 0 Å². The van der Waals surface area contributed by atoms with Gasteiger partial charge in [0.05, 0.1) is 30.0 Å². The van der Waals surface area contributed by atoms with Gasteiger partial charge in [-0.2, -0.15) is 0 Å². The molecule has 4 aromatic rings. The molecule has 0 aromatic heterocycles. The molecule has 0 radical (unpaired) electrons. The molecule has 1 aliphatic heterocycles.